The van der Waals surface area contributed by atoms with Gasteiger partial charge in [-0.15, -0.1) is 0 Å². The summed E-state index contributed by atoms with van der Waals surface area (Å²) < 4.78 is 47.9. The monoisotopic (exact) mass is 284 g/mol. The number of rotatable bonds is 5. The Hall–Kier alpha value is -0.180. The third-order valence-electron chi connectivity index (χ3n) is 2.85. The fourth-order valence-electron chi connectivity index (χ4n) is 1.66. The van der Waals surface area contributed by atoms with Crippen molar-refractivity contribution >= 4 is 19.9 Å². The SMILES string of the molecule is CCNCC(C)S(=O)(=O)N1CCS(=O)(=O)CC1. The minimum absolute atomic E-state index is 0.0693. The number of nitrogens with zero attached hydrogens (tertiary/aromatic N) is 1. The van der Waals surface area contributed by atoms with E-state index in [2.05, 4.69) is 5.32 Å². The molecule has 1 fully saturated rings. The molecule has 0 aromatic heterocycles. The number of hydrogen-bond donors (Lipinski definition) is 1. The second kappa shape index (κ2) is 5.64. The van der Waals surface area contributed by atoms with Gasteiger partial charge in [-0.25, -0.2) is 16.8 Å². The molecule has 0 aromatic carbocycles. The minimum Gasteiger partial charge on any atom is -0.316 e. The van der Waals surface area contributed by atoms with Crippen LogP contribution in [0.5, 0.6) is 0 Å². The molecule has 0 bridgehead atoms. The summed E-state index contributed by atoms with van der Waals surface area (Å²) in [6.07, 6.45) is 0. The second-order valence-electron chi connectivity index (χ2n) is 4.21. The van der Waals surface area contributed by atoms with Crippen LogP contribution in [0.3, 0.4) is 0 Å². The van der Waals surface area contributed by atoms with Gasteiger partial charge in [-0.2, -0.15) is 4.31 Å². The molecule has 0 spiro atoms. The van der Waals surface area contributed by atoms with E-state index in [0.29, 0.717) is 13.1 Å². The molecule has 102 valence electrons. The molecule has 1 heterocycles. The summed E-state index contributed by atoms with van der Waals surface area (Å²) >= 11 is 0. The Morgan fingerprint density at radius 3 is 2.29 bits per heavy atom. The van der Waals surface area contributed by atoms with E-state index in [9.17, 15) is 16.8 Å². The first kappa shape index (κ1) is 14.9. The maximum Gasteiger partial charge on any atom is 0.218 e. The Balaban J connectivity index is 2.66. The van der Waals surface area contributed by atoms with E-state index in [1.165, 1.54) is 4.31 Å². The van der Waals surface area contributed by atoms with Crippen molar-refractivity contribution in [2.75, 3.05) is 37.7 Å². The minimum atomic E-state index is -3.38. The van der Waals surface area contributed by atoms with Gasteiger partial charge in [-0.3, -0.25) is 0 Å². The Bertz CT molecular complexity index is 430. The summed E-state index contributed by atoms with van der Waals surface area (Å²) in [4.78, 5) is 0. The van der Waals surface area contributed by atoms with E-state index in [1.807, 2.05) is 6.92 Å². The lowest BCUT2D eigenvalue weighted by molar-refractivity contribution is 0.422. The first-order valence-electron chi connectivity index (χ1n) is 5.69. The van der Waals surface area contributed by atoms with Crippen molar-refractivity contribution in [3.63, 3.8) is 0 Å². The maximum absolute atomic E-state index is 12.1. The van der Waals surface area contributed by atoms with Crippen molar-refractivity contribution in [1.29, 1.82) is 0 Å². The summed E-state index contributed by atoms with van der Waals surface area (Å²) in [7, 11) is -6.42. The molecule has 0 saturated carbocycles. The van der Waals surface area contributed by atoms with Crippen LogP contribution in [0.4, 0.5) is 0 Å². The summed E-state index contributed by atoms with van der Waals surface area (Å²) in [5, 5.41) is 2.46. The van der Waals surface area contributed by atoms with Gasteiger partial charge in [0.1, 0.15) is 0 Å². The molecule has 0 radical (unpaired) electrons. The molecule has 1 unspecified atom stereocenters. The largest absolute Gasteiger partial charge is 0.316 e. The fraction of sp³-hybridized carbons (Fsp3) is 1.00. The lowest BCUT2D eigenvalue weighted by Gasteiger charge is -2.28. The zero-order valence-electron chi connectivity index (χ0n) is 10.2. The van der Waals surface area contributed by atoms with Crippen molar-refractivity contribution in [3.05, 3.63) is 0 Å². The van der Waals surface area contributed by atoms with Crippen molar-refractivity contribution in [1.82, 2.24) is 9.62 Å². The molecule has 17 heavy (non-hydrogen) atoms. The molecule has 0 aliphatic carbocycles. The Morgan fingerprint density at radius 2 is 1.82 bits per heavy atom. The molecule has 1 N–H and O–H groups in total. The van der Waals surface area contributed by atoms with Crippen LogP contribution in [0.15, 0.2) is 0 Å². The van der Waals surface area contributed by atoms with Crippen LogP contribution < -0.4 is 5.32 Å². The highest BCUT2D eigenvalue weighted by atomic mass is 32.2. The summed E-state index contributed by atoms with van der Waals surface area (Å²) in [6.45, 7) is 4.83. The Kier molecular flexibility index (Phi) is 4.94. The maximum atomic E-state index is 12.1. The first-order chi connectivity index (χ1) is 7.79. The van der Waals surface area contributed by atoms with Gasteiger partial charge >= 0.3 is 0 Å². The fourth-order valence-corrected chi connectivity index (χ4v) is 4.62. The molecule has 8 heteroatoms. The lowest BCUT2D eigenvalue weighted by atomic mass is 10.5. The van der Waals surface area contributed by atoms with Crippen molar-refractivity contribution < 1.29 is 16.8 Å². The first-order valence-corrected chi connectivity index (χ1v) is 9.02. The highest BCUT2D eigenvalue weighted by Crippen LogP contribution is 2.13. The van der Waals surface area contributed by atoms with Crippen LogP contribution in [-0.4, -0.2) is 64.1 Å². The number of sulfone groups is 1. The molecule has 1 saturated heterocycles. The van der Waals surface area contributed by atoms with Crippen molar-refractivity contribution in [2.24, 2.45) is 0 Å². The predicted molar refractivity (Wildman–Crippen MR) is 67.2 cm³/mol. The number of hydrogen-bond acceptors (Lipinski definition) is 5. The van der Waals surface area contributed by atoms with Gasteiger partial charge < -0.3 is 5.32 Å². The number of nitrogens with one attached hydrogen (secondary N) is 1. The third-order valence-corrected chi connectivity index (χ3v) is 6.73. The van der Waals surface area contributed by atoms with Gasteiger partial charge in [0, 0.05) is 19.6 Å². The van der Waals surface area contributed by atoms with Crippen LogP contribution in [0.25, 0.3) is 0 Å². The molecule has 0 aromatic rings. The van der Waals surface area contributed by atoms with Crippen LogP contribution in [0, 0.1) is 0 Å². The van der Waals surface area contributed by atoms with E-state index in [4.69, 9.17) is 0 Å². The van der Waals surface area contributed by atoms with Gasteiger partial charge in [-0.1, -0.05) is 6.92 Å². The zero-order valence-corrected chi connectivity index (χ0v) is 11.8. The van der Waals surface area contributed by atoms with Crippen LogP contribution in [0.2, 0.25) is 0 Å². The quantitative estimate of drug-likeness (QED) is 0.703. The van der Waals surface area contributed by atoms with Crippen molar-refractivity contribution in [3.8, 4) is 0 Å². The molecule has 1 rings (SSSR count). The average molecular weight is 284 g/mol. The Labute approximate surface area is 103 Å². The molecular weight excluding hydrogens is 264 g/mol. The second-order valence-corrected chi connectivity index (χ2v) is 8.87. The van der Waals surface area contributed by atoms with E-state index in [1.54, 1.807) is 6.92 Å². The van der Waals surface area contributed by atoms with E-state index in [-0.39, 0.29) is 24.6 Å². The Morgan fingerprint density at radius 1 is 1.29 bits per heavy atom. The normalized spacial score (nSPS) is 23.4. The average Bonchev–Trinajstić information content (AvgIpc) is 2.25. The molecule has 1 aliphatic rings. The summed E-state index contributed by atoms with van der Waals surface area (Å²) in [5.74, 6) is -0.139. The summed E-state index contributed by atoms with van der Waals surface area (Å²) in [5.41, 5.74) is 0. The molecule has 0 amide bonds. The van der Waals surface area contributed by atoms with Gasteiger partial charge in [0.25, 0.3) is 0 Å². The van der Waals surface area contributed by atoms with E-state index in [0.717, 1.165) is 0 Å². The van der Waals surface area contributed by atoms with Crippen molar-refractivity contribution in [2.45, 2.75) is 19.1 Å². The summed E-state index contributed by atoms with van der Waals surface area (Å²) in [6, 6.07) is 0. The lowest BCUT2D eigenvalue weighted by Crippen LogP contribution is -2.48. The molecule has 1 atom stereocenters. The molecule has 6 nitrogen and oxygen atoms in total. The van der Waals surface area contributed by atoms with Gasteiger partial charge in [0.2, 0.25) is 10.0 Å². The third kappa shape index (κ3) is 3.90. The molecule has 1 aliphatic heterocycles. The van der Waals surface area contributed by atoms with Gasteiger partial charge in [0.15, 0.2) is 9.84 Å². The van der Waals surface area contributed by atoms with Crippen LogP contribution in [-0.2, 0) is 19.9 Å². The smallest absolute Gasteiger partial charge is 0.218 e. The van der Waals surface area contributed by atoms with Crippen LogP contribution >= 0.6 is 0 Å². The van der Waals surface area contributed by atoms with E-state index < -0.39 is 25.1 Å². The topological polar surface area (TPSA) is 83.6 Å². The van der Waals surface area contributed by atoms with Crippen LogP contribution in [0.1, 0.15) is 13.8 Å². The predicted octanol–water partition coefficient (Wildman–Crippen LogP) is -0.955. The van der Waals surface area contributed by atoms with Gasteiger partial charge in [0.05, 0.1) is 16.8 Å². The highest BCUT2D eigenvalue weighted by molar-refractivity contribution is 7.92. The van der Waals surface area contributed by atoms with E-state index >= 15 is 0 Å². The zero-order chi connectivity index (χ0) is 13.1. The standard InChI is InChI=1S/C9H20N2O4S2/c1-3-10-8-9(2)17(14,15)11-4-6-16(12,13)7-5-11/h9-10H,3-8H2,1-2H3. The highest BCUT2D eigenvalue weighted by Gasteiger charge is 2.33. The number of sulfonamides is 1. The van der Waals surface area contributed by atoms with Gasteiger partial charge in [-0.05, 0) is 13.5 Å². The molecular formula is C9H20N2O4S2.